The van der Waals surface area contributed by atoms with E-state index in [9.17, 15) is 0 Å². The zero-order valence-electron chi connectivity index (χ0n) is 13.8. The fraction of sp³-hybridized carbons (Fsp3) is 0.765. The summed E-state index contributed by atoms with van der Waals surface area (Å²) >= 11 is 1.86. The Labute approximate surface area is 138 Å². The van der Waals surface area contributed by atoms with Gasteiger partial charge in [-0.05, 0) is 44.3 Å². The van der Waals surface area contributed by atoms with Gasteiger partial charge in [-0.25, -0.2) is 0 Å². The van der Waals surface area contributed by atoms with Gasteiger partial charge in [0, 0.05) is 30.1 Å². The smallest absolute Gasteiger partial charge is 0.0623 e. The maximum atomic E-state index is 5.67. The molecular formula is C17H29N3OS. The molecule has 0 radical (unpaired) electrons. The molecule has 5 heteroatoms. The molecule has 2 heterocycles. The van der Waals surface area contributed by atoms with Crippen LogP contribution in [0.25, 0.3) is 0 Å². The molecule has 2 aliphatic rings. The highest BCUT2D eigenvalue weighted by Crippen LogP contribution is 2.30. The molecule has 22 heavy (non-hydrogen) atoms. The van der Waals surface area contributed by atoms with E-state index >= 15 is 0 Å². The molecule has 1 aromatic rings. The summed E-state index contributed by atoms with van der Waals surface area (Å²) in [5.41, 5.74) is 0. The van der Waals surface area contributed by atoms with Crippen LogP contribution in [0, 0.1) is 5.92 Å². The molecule has 4 nitrogen and oxygen atoms in total. The van der Waals surface area contributed by atoms with Gasteiger partial charge < -0.3 is 20.3 Å². The van der Waals surface area contributed by atoms with Crippen LogP contribution in [0.15, 0.2) is 17.5 Å². The predicted octanol–water partition coefficient (Wildman–Crippen LogP) is 2.10. The van der Waals surface area contributed by atoms with E-state index in [4.69, 9.17) is 4.74 Å². The van der Waals surface area contributed by atoms with Crippen molar-refractivity contribution in [3.8, 4) is 0 Å². The summed E-state index contributed by atoms with van der Waals surface area (Å²) in [4.78, 5) is 3.77. The summed E-state index contributed by atoms with van der Waals surface area (Å²) in [6, 6.07) is 6.03. The molecule has 2 fully saturated rings. The Balaban J connectivity index is 1.57. The SMILES string of the molecule is CN(C)C(CNC1CCCC1C1COCCN1)c1cccs1. The van der Waals surface area contributed by atoms with Crippen molar-refractivity contribution >= 4 is 11.3 Å². The third-order valence-electron chi connectivity index (χ3n) is 5.10. The fourth-order valence-electron chi connectivity index (χ4n) is 3.87. The highest BCUT2D eigenvalue weighted by molar-refractivity contribution is 7.10. The number of hydrogen-bond acceptors (Lipinski definition) is 5. The lowest BCUT2D eigenvalue weighted by Crippen LogP contribution is -2.51. The number of rotatable bonds is 6. The van der Waals surface area contributed by atoms with Crippen molar-refractivity contribution in [2.75, 3.05) is 40.4 Å². The lowest BCUT2D eigenvalue weighted by Gasteiger charge is -2.34. The Bertz CT molecular complexity index is 431. The summed E-state index contributed by atoms with van der Waals surface area (Å²) in [5, 5.41) is 9.70. The molecule has 0 aromatic carbocycles. The first kappa shape index (κ1) is 16.4. The van der Waals surface area contributed by atoms with E-state index in [2.05, 4.69) is 47.1 Å². The summed E-state index contributed by atoms with van der Waals surface area (Å²) in [6.45, 7) is 3.78. The second-order valence-electron chi connectivity index (χ2n) is 6.74. The van der Waals surface area contributed by atoms with E-state index in [0.29, 0.717) is 24.0 Å². The van der Waals surface area contributed by atoms with Crippen LogP contribution in [-0.2, 0) is 4.74 Å². The molecule has 1 saturated carbocycles. The van der Waals surface area contributed by atoms with Crippen molar-refractivity contribution in [2.24, 2.45) is 5.92 Å². The van der Waals surface area contributed by atoms with Gasteiger partial charge in [0.1, 0.15) is 0 Å². The van der Waals surface area contributed by atoms with Crippen LogP contribution < -0.4 is 10.6 Å². The molecule has 1 aliphatic carbocycles. The van der Waals surface area contributed by atoms with Crippen LogP contribution in [0.5, 0.6) is 0 Å². The monoisotopic (exact) mass is 323 g/mol. The maximum Gasteiger partial charge on any atom is 0.0623 e. The number of nitrogens with one attached hydrogen (secondary N) is 2. The maximum absolute atomic E-state index is 5.67. The Morgan fingerprint density at radius 3 is 3.05 bits per heavy atom. The largest absolute Gasteiger partial charge is 0.379 e. The number of nitrogens with zero attached hydrogens (tertiary/aromatic N) is 1. The third-order valence-corrected chi connectivity index (χ3v) is 6.08. The van der Waals surface area contributed by atoms with E-state index < -0.39 is 0 Å². The van der Waals surface area contributed by atoms with Gasteiger partial charge >= 0.3 is 0 Å². The Kier molecular flexibility index (Phi) is 5.88. The van der Waals surface area contributed by atoms with Gasteiger partial charge in [-0.1, -0.05) is 12.5 Å². The molecule has 3 rings (SSSR count). The number of morpholine rings is 1. The Morgan fingerprint density at radius 2 is 2.36 bits per heavy atom. The average molecular weight is 324 g/mol. The van der Waals surface area contributed by atoms with Crippen molar-refractivity contribution < 1.29 is 4.74 Å². The second-order valence-corrected chi connectivity index (χ2v) is 7.72. The van der Waals surface area contributed by atoms with Crippen LogP contribution in [0.4, 0.5) is 0 Å². The van der Waals surface area contributed by atoms with Gasteiger partial charge in [0.25, 0.3) is 0 Å². The molecule has 4 atom stereocenters. The van der Waals surface area contributed by atoms with E-state index in [1.165, 1.54) is 24.1 Å². The van der Waals surface area contributed by atoms with Gasteiger partial charge in [-0.3, -0.25) is 0 Å². The first-order chi connectivity index (χ1) is 10.8. The number of likely N-dealkylation sites (N-methyl/N-ethyl adjacent to an activating group) is 1. The number of hydrogen-bond donors (Lipinski definition) is 2. The standard InChI is InChI=1S/C17H29N3OS/c1-20(2)16(17-7-4-10-22-17)11-19-14-6-3-5-13(14)15-12-21-9-8-18-15/h4,7,10,13-16,18-19H,3,5-6,8-9,11-12H2,1-2H3. The summed E-state index contributed by atoms with van der Waals surface area (Å²) in [7, 11) is 4.35. The van der Waals surface area contributed by atoms with Gasteiger partial charge in [-0.15, -0.1) is 11.3 Å². The first-order valence-corrected chi connectivity index (χ1v) is 9.38. The molecule has 2 N–H and O–H groups in total. The lowest BCUT2D eigenvalue weighted by molar-refractivity contribution is 0.0521. The van der Waals surface area contributed by atoms with Crippen LogP contribution in [0.2, 0.25) is 0 Å². The first-order valence-electron chi connectivity index (χ1n) is 8.50. The van der Waals surface area contributed by atoms with Crippen molar-refractivity contribution in [1.29, 1.82) is 0 Å². The van der Waals surface area contributed by atoms with E-state index in [1.807, 2.05) is 11.3 Å². The molecule has 0 spiro atoms. The lowest BCUT2D eigenvalue weighted by atomic mass is 9.94. The Hall–Kier alpha value is -0.460. The van der Waals surface area contributed by atoms with Gasteiger partial charge in [-0.2, -0.15) is 0 Å². The van der Waals surface area contributed by atoms with Crippen LogP contribution in [-0.4, -0.2) is 57.4 Å². The molecule has 4 unspecified atom stereocenters. The van der Waals surface area contributed by atoms with Crippen molar-refractivity contribution in [3.05, 3.63) is 22.4 Å². The molecule has 1 aliphatic heterocycles. The third kappa shape index (κ3) is 3.89. The van der Waals surface area contributed by atoms with Crippen molar-refractivity contribution in [1.82, 2.24) is 15.5 Å². The van der Waals surface area contributed by atoms with E-state index in [0.717, 1.165) is 26.3 Å². The van der Waals surface area contributed by atoms with Crippen molar-refractivity contribution in [2.45, 2.75) is 37.4 Å². The summed E-state index contributed by atoms with van der Waals surface area (Å²) < 4.78 is 5.67. The predicted molar refractivity (Wildman–Crippen MR) is 92.5 cm³/mol. The Morgan fingerprint density at radius 1 is 1.45 bits per heavy atom. The normalized spacial score (nSPS) is 30.8. The molecule has 124 valence electrons. The van der Waals surface area contributed by atoms with Crippen LogP contribution in [0.3, 0.4) is 0 Å². The highest BCUT2D eigenvalue weighted by Gasteiger charge is 2.34. The summed E-state index contributed by atoms with van der Waals surface area (Å²) in [5.74, 6) is 0.714. The molecule has 0 bridgehead atoms. The van der Waals surface area contributed by atoms with Gasteiger partial charge in [0.2, 0.25) is 0 Å². The van der Waals surface area contributed by atoms with Crippen molar-refractivity contribution in [3.63, 3.8) is 0 Å². The zero-order chi connectivity index (χ0) is 15.4. The minimum absolute atomic E-state index is 0.469. The fourth-order valence-corrected chi connectivity index (χ4v) is 4.79. The number of ether oxygens (including phenoxy) is 1. The quantitative estimate of drug-likeness (QED) is 0.841. The molecule has 0 amide bonds. The number of thiophene rings is 1. The molecule has 1 saturated heterocycles. The van der Waals surface area contributed by atoms with Crippen LogP contribution >= 0.6 is 11.3 Å². The zero-order valence-corrected chi connectivity index (χ0v) is 14.6. The van der Waals surface area contributed by atoms with E-state index in [-0.39, 0.29) is 0 Å². The average Bonchev–Trinajstić information content (AvgIpc) is 3.19. The topological polar surface area (TPSA) is 36.5 Å². The van der Waals surface area contributed by atoms with Crippen LogP contribution in [0.1, 0.15) is 30.2 Å². The highest BCUT2D eigenvalue weighted by atomic mass is 32.1. The second kappa shape index (κ2) is 7.88. The molecule has 1 aromatic heterocycles. The van der Waals surface area contributed by atoms with E-state index in [1.54, 1.807) is 0 Å². The minimum Gasteiger partial charge on any atom is -0.379 e. The summed E-state index contributed by atoms with van der Waals surface area (Å²) in [6.07, 6.45) is 3.96. The van der Waals surface area contributed by atoms with Gasteiger partial charge in [0.05, 0.1) is 19.3 Å². The minimum atomic E-state index is 0.469. The van der Waals surface area contributed by atoms with Gasteiger partial charge in [0.15, 0.2) is 0 Å². The molecular weight excluding hydrogens is 294 g/mol.